The highest BCUT2D eigenvalue weighted by Gasteiger charge is 2.36. The summed E-state index contributed by atoms with van der Waals surface area (Å²) >= 11 is 0. The predicted octanol–water partition coefficient (Wildman–Crippen LogP) is 3.97. The van der Waals surface area contributed by atoms with E-state index >= 15 is 0 Å². The van der Waals surface area contributed by atoms with E-state index in [1.54, 1.807) is 0 Å². The number of hydrogen-bond acceptors (Lipinski definition) is 1. The summed E-state index contributed by atoms with van der Waals surface area (Å²) in [7, 11) is 0. The Kier molecular flexibility index (Phi) is 3.47. The lowest BCUT2D eigenvalue weighted by Crippen LogP contribution is -2.50. The van der Waals surface area contributed by atoms with Gasteiger partial charge in [0, 0.05) is 5.41 Å². The van der Waals surface area contributed by atoms with E-state index in [-0.39, 0.29) is 16.4 Å². The molecule has 0 unspecified atom stereocenters. The van der Waals surface area contributed by atoms with Gasteiger partial charge in [0.05, 0.1) is 11.8 Å². The first-order chi connectivity index (χ1) is 9.33. The zero-order chi connectivity index (χ0) is 16.2. The van der Waals surface area contributed by atoms with Gasteiger partial charge in [-0.05, 0) is 32.3 Å². The normalized spacial score (nSPS) is 14.0. The summed E-state index contributed by atoms with van der Waals surface area (Å²) in [6.45, 7) is 20.3. The summed E-state index contributed by atoms with van der Waals surface area (Å²) < 4.78 is 4.51. The molecule has 0 atom stereocenters. The van der Waals surface area contributed by atoms with Crippen LogP contribution in [-0.2, 0) is 16.4 Å². The minimum atomic E-state index is 0.0256. The average molecular weight is 288 g/mol. The van der Waals surface area contributed by atoms with E-state index in [1.165, 1.54) is 16.9 Å². The standard InChI is InChI=1S/C18H30N3/c1-16(2,3)13-10-11-19-21-14(17(4,5)6)12-20(15(13)21)18(7,8)9/h10-12H,1-9H3/q+1. The third-order valence-corrected chi connectivity index (χ3v) is 3.87. The van der Waals surface area contributed by atoms with Crippen LogP contribution in [-0.4, -0.2) is 9.61 Å². The van der Waals surface area contributed by atoms with Crippen LogP contribution in [0.15, 0.2) is 18.5 Å². The van der Waals surface area contributed by atoms with Crippen molar-refractivity contribution in [3.8, 4) is 0 Å². The first-order valence-electron chi connectivity index (χ1n) is 7.77. The number of aromatic nitrogens is 3. The fourth-order valence-corrected chi connectivity index (χ4v) is 2.67. The molecule has 0 radical (unpaired) electrons. The number of rotatable bonds is 0. The van der Waals surface area contributed by atoms with Crippen molar-refractivity contribution in [2.45, 2.75) is 78.7 Å². The van der Waals surface area contributed by atoms with Gasteiger partial charge in [-0.2, -0.15) is 0 Å². The Balaban J connectivity index is 2.97. The Hall–Kier alpha value is -1.38. The summed E-state index contributed by atoms with van der Waals surface area (Å²) in [4.78, 5) is 0. The second kappa shape index (κ2) is 4.56. The molecule has 2 aromatic rings. The van der Waals surface area contributed by atoms with Crippen LogP contribution >= 0.6 is 0 Å². The number of imidazole rings is 1. The molecule has 0 fully saturated rings. The van der Waals surface area contributed by atoms with Crippen LogP contribution in [0.4, 0.5) is 0 Å². The predicted molar refractivity (Wildman–Crippen MR) is 87.8 cm³/mol. The largest absolute Gasteiger partial charge is 0.311 e. The number of fused-ring (bicyclic) bond motifs is 1. The maximum absolute atomic E-state index is 4.65. The molecule has 0 aromatic carbocycles. The fraction of sp³-hybridized carbons (Fsp3) is 0.667. The van der Waals surface area contributed by atoms with Gasteiger partial charge < -0.3 is 0 Å². The smallest absolute Gasteiger partial charge is 0.223 e. The Morgan fingerprint density at radius 1 is 0.905 bits per heavy atom. The SMILES string of the molecule is CC(C)(C)c1ccnn2c(C(C)(C)C)c[n+](C(C)(C)C)c12. The zero-order valence-corrected chi connectivity index (χ0v) is 15.1. The molecule has 21 heavy (non-hydrogen) atoms. The zero-order valence-electron chi connectivity index (χ0n) is 15.1. The molecule has 2 rings (SSSR count). The molecule has 0 N–H and O–H groups in total. The van der Waals surface area contributed by atoms with Gasteiger partial charge in [0.1, 0.15) is 11.7 Å². The van der Waals surface area contributed by atoms with Crippen molar-refractivity contribution in [2.75, 3.05) is 0 Å². The van der Waals surface area contributed by atoms with E-state index in [9.17, 15) is 0 Å². The molecule has 116 valence electrons. The lowest BCUT2D eigenvalue weighted by Gasteiger charge is -2.21. The third kappa shape index (κ3) is 2.83. The minimum Gasteiger partial charge on any atom is -0.223 e. The van der Waals surface area contributed by atoms with Crippen molar-refractivity contribution in [1.29, 1.82) is 0 Å². The molecule has 2 heterocycles. The summed E-state index contributed by atoms with van der Waals surface area (Å²) in [5.74, 6) is 0. The van der Waals surface area contributed by atoms with Crippen LogP contribution in [0.5, 0.6) is 0 Å². The Bertz CT molecular complexity index is 659. The molecule has 0 spiro atoms. The Labute approximate surface area is 129 Å². The minimum absolute atomic E-state index is 0.0256. The van der Waals surface area contributed by atoms with Gasteiger partial charge in [-0.3, -0.25) is 0 Å². The third-order valence-electron chi connectivity index (χ3n) is 3.87. The van der Waals surface area contributed by atoms with E-state index in [1.807, 2.05) is 6.20 Å². The quantitative estimate of drug-likeness (QED) is 0.672. The molecule has 0 amide bonds. The van der Waals surface area contributed by atoms with Crippen molar-refractivity contribution in [3.05, 3.63) is 29.7 Å². The van der Waals surface area contributed by atoms with Gasteiger partial charge in [0.2, 0.25) is 0 Å². The summed E-state index contributed by atoms with van der Waals surface area (Å²) in [6, 6.07) is 2.16. The summed E-state index contributed by atoms with van der Waals surface area (Å²) in [5, 5.41) is 4.65. The molecule has 3 nitrogen and oxygen atoms in total. The van der Waals surface area contributed by atoms with E-state index in [4.69, 9.17) is 0 Å². The molecule has 0 aliphatic rings. The molecular formula is C18H30N3+. The summed E-state index contributed by atoms with van der Waals surface area (Å²) in [6.07, 6.45) is 4.20. The summed E-state index contributed by atoms with van der Waals surface area (Å²) in [5.41, 5.74) is 3.97. The maximum atomic E-state index is 4.65. The molecule has 0 bridgehead atoms. The average Bonchev–Trinajstić information content (AvgIpc) is 2.65. The molecule has 2 aromatic heterocycles. The van der Waals surface area contributed by atoms with Gasteiger partial charge in [-0.15, -0.1) is 0 Å². The van der Waals surface area contributed by atoms with Gasteiger partial charge >= 0.3 is 5.65 Å². The van der Waals surface area contributed by atoms with Gasteiger partial charge in [0.25, 0.3) is 0 Å². The van der Waals surface area contributed by atoms with E-state index in [0.29, 0.717) is 0 Å². The Morgan fingerprint density at radius 3 is 1.90 bits per heavy atom. The van der Waals surface area contributed by atoms with Gasteiger partial charge in [0.15, 0.2) is 5.69 Å². The monoisotopic (exact) mass is 288 g/mol. The highest BCUT2D eigenvalue weighted by Crippen LogP contribution is 2.29. The number of nitrogens with zero attached hydrogens (tertiary/aromatic N) is 3. The van der Waals surface area contributed by atoms with E-state index in [2.05, 4.69) is 88.8 Å². The van der Waals surface area contributed by atoms with Gasteiger partial charge in [-0.25, -0.2) is 4.57 Å². The molecule has 0 saturated heterocycles. The van der Waals surface area contributed by atoms with E-state index in [0.717, 1.165) is 0 Å². The lowest BCUT2D eigenvalue weighted by atomic mass is 9.87. The van der Waals surface area contributed by atoms with Crippen molar-refractivity contribution in [1.82, 2.24) is 9.61 Å². The van der Waals surface area contributed by atoms with E-state index < -0.39 is 0 Å². The lowest BCUT2D eigenvalue weighted by molar-refractivity contribution is -0.730. The van der Waals surface area contributed by atoms with Crippen molar-refractivity contribution < 1.29 is 4.57 Å². The second-order valence-corrected chi connectivity index (χ2v) is 9.04. The highest BCUT2D eigenvalue weighted by molar-refractivity contribution is 5.47. The van der Waals surface area contributed by atoms with Crippen LogP contribution in [0.2, 0.25) is 0 Å². The van der Waals surface area contributed by atoms with Gasteiger partial charge in [-0.1, -0.05) is 51.2 Å². The molecular weight excluding hydrogens is 258 g/mol. The molecule has 0 saturated carbocycles. The highest BCUT2D eigenvalue weighted by atomic mass is 15.3. The molecule has 0 aliphatic heterocycles. The fourth-order valence-electron chi connectivity index (χ4n) is 2.67. The van der Waals surface area contributed by atoms with Crippen molar-refractivity contribution >= 4 is 5.65 Å². The molecule has 0 aliphatic carbocycles. The first kappa shape index (κ1) is 16.0. The van der Waals surface area contributed by atoms with Crippen LogP contribution < -0.4 is 4.57 Å². The Morgan fingerprint density at radius 2 is 1.48 bits per heavy atom. The van der Waals surface area contributed by atoms with Crippen LogP contribution in [0.3, 0.4) is 0 Å². The van der Waals surface area contributed by atoms with Crippen LogP contribution in [0.1, 0.15) is 73.6 Å². The first-order valence-corrected chi connectivity index (χ1v) is 7.77. The van der Waals surface area contributed by atoms with Crippen LogP contribution in [0, 0.1) is 0 Å². The van der Waals surface area contributed by atoms with Crippen molar-refractivity contribution in [3.63, 3.8) is 0 Å². The maximum Gasteiger partial charge on any atom is 0.311 e. The number of hydrogen-bond donors (Lipinski definition) is 0. The topological polar surface area (TPSA) is 21.2 Å². The molecule has 3 heteroatoms. The second-order valence-electron chi connectivity index (χ2n) is 9.04. The van der Waals surface area contributed by atoms with Crippen LogP contribution in [0.25, 0.3) is 5.65 Å². The van der Waals surface area contributed by atoms with Crippen molar-refractivity contribution in [2.24, 2.45) is 0 Å².